The third-order valence-corrected chi connectivity index (χ3v) is 4.81. The molecule has 0 amide bonds. The average Bonchev–Trinajstić information content (AvgIpc) is 3.18. The van der Waals surface area contributed by atoms with E-state index in [1.165, 1.54) is 12.8 Å². The van der Waals surface area contributed by atoms with Crippen LogP contribution in [0.2, 0.25) is 10.2 Å². The Morgan fingerprint density at radius 1 is 1.06 bits per heavy atom. The molecule has 1 aromatic heterocycles. The summed E-state index contributed by atoms with van der Waals surface area (Å²) in [5.74, 6) is 1.24. The van der Waals surface area contributed by atoms with E-state index < -0.39 is 0 Å². The molecule has 18 heavy (non-hydrogen) atoms. The minimum Gasteiger partial charge on any atom is -0.232 e. The van der Waals surface area contributed by atoms with Crippen LogP contribution in [0.25, 0.3) is 11.4 Å². The topological polar surface area (TPSA) is 25.8 Å². The van der Waals surface area contributed by atoms with Crippen molar-refractivity contribution in [2.45, 2.75) is 18.8 Å². The lowest BCUT2D eigenvalue weighted by atomic mass is 10.2. The maximum absolute atomic E-state index is 6.19. The summed E-state index contributed by atoms with van der Waals surface area (Å²) < 4.78 is 0.981. The molecular weight excluding hydrogens is 382 g/mol. The van der Waals surface area contributed by atoms with Crippen LogP contribution in [-0.2, 0) is 0 Å². The molecule has 0 bridgehead atoms. The second-order valence-corrected chi connectivity index (χ2v) is 6.19. The standard InChI is InChI=1S/C13H9Cl2IN2/c14-9-5-3-8(4-6-9)13-17-11(7-1-2-7)10(16)12(15)18-13/h3-7H,1-2H2. The van der Waals surface area contributed by atoms with E-state index in [9.17, 15) is 0 Å². The molecule has 2 aromatic rings. The first kappa shape index (κ1) is 12.6. The number of hydrogen-bond donors (Lipinski definition) is 0. The van der Waals surface area contributed by atoms with Crippen LogP contribution in [0, 0.1) is 3.57 Å². The first-order valence-electron chi connectivity index (χ1n) is 5.64. The van der Waals surface area contributed by atoms with Crippen molar-refractivity contribution in [2.75, 3.05) is 0 Å². The van der Waals surface area contributed by atoms with Gasteiger partial charge in [0.15, 0.2) is 5.82 Å². The fourth-order valence-corrected chi connectivity index (χ4v) is 2.78. The van der Waals surface area contributed by atoms with E-state index in [0.29, 0.717) is 21.9 Å². The molecule has 1 fully saturated rings. The van der Waals surface area contributed by atoms with E-state index in [2.05, 4.69) is 32.6 Å². The fraction of sp³-hybridized carbons (Fsp3) is 0.231. The molecule has 5 heteroatoms. The zero-order chi connectivity index (χ0) is 12.7. The second kappa shape index (κ2) is 4.94. The van der Waals surface area contributed by atoms with Gasteiger partial charge in [-0.1, -0.05) is 23.2 Å². The Hall–Kier alpha value is -0.390. The Labute approximate surface area is 129 Å². The molecule has 1 aromatic carbocycles. The Kier molecular flexibility index (Phi) is 3.47. The van der Waals surface area contributed by atoms with Crippen molar-refractivity contribution >= 4 is 45.8 Å². The third-order valence-electron chi connectivity index (χ3n) is 2.90. The summed E-state index contributed by atoms with van der Waals surface area (Å²) in [6.07, 6.45) is 2.40. The zero-order valence-corrected chi connectivity index (χ0v) is 13.0. The van der Waals surface area contributed by atoms with Crippen LogP contribution in [0.4, 0.5) is 0 Å². The lowest BCUT2D eigenvalue weighted by Crippen LogP contribution is -1.99. The van der Waals surface area contributed by atoms with Gasteiger partial charge in [-0.25, -0.2) is 9.97 Å². The Morgan fingerprint density at radius 3 is 2.33 bits per heavy atom. The van der Waals surface area contributed by atoms with E-state index in [1.807, 2.05) is 24.3 Å². The highest BCUT2D eigenvalue weighted by molar-refractivity contribution is 14.1. The smallest absolute Gasteiger partial charge is 0.161 e. The van der Waals surface area contributed by atoms with Crippen molar-refractivity contribution in [3.63, 3.8) is 0 Å². The van der Waals surface area contributed by atoms with Gasteiger partial charge in [0, 0.05) is 16.5 Å². The second-order valence-electron chi connectivity index (χ2n) is 4.32. The van der Waals surface area contributed by atoms with Crippen LogP contribution in [-0.4, -0.2) is 9.97 Å². The lowest BCUT2D eigenvalue weighted by Gasteiger charge is -2.07. The molecule has 0 unspecified atom stereocenters. The summed E-state index contributed by atoms with van der Waals surface area (Å²) in [5, 5.41) is 1.25. The maximum atomic E-state index is 6.19. The number of benzene rings is 1. The largest absolute Gasteiger partial charge is 0.232 e. The summed E-state index contributed by atoms with van der Waals surface area (Å²) in [6, 6.07) is 7.50. The van der Waals surface area contributed by atoms with Gasteiger partial charge in [-0.05, 0) is 59.7 Å². The van der Waals surface area contributed by atoms with Gasteiger partial charge in [-0.15, -0.1) is 0 Å². The number of rotatable bonds is 2. The van der Waals surface area contributed by atoms with Crippen LogP contribution >= 0.6 is 45.8 Å². The SMILES string of the molecule is Clc1ccc(-c2nc(Cl)c(I)c(C3CC3)n2)cc1. The number of halogens is 3. The number of hydrogen-bond acceptors (Lipinski definition) is 2. The molecule has 0 atom stereocenters. The van der Waals surface area contributed by atoms with Crippen LogP contribution in [0.1, 0.15) is 24.5 Å². The van der Waals surface area contributed by atoms with Crippen LogP contribution in [0.15, 0.2) is 24.3 Å². The first-order chi connectivity index (χ1) is 8.65. The maximum Gasteiger partial charge on any atom is 0.161 e. The minimum atomic E-state index is 0.539. The quantitative estimate of drug-likeness (QED) is 0.536. The van der Waals surface area contributed by atoms with Crippen LogP contribution < -0.4 is 0 Å². The Balaban J connectivity index is 2.09. The van der Waals surface area contributed by atoms with Gasteiger partial charge in [-0.3, -0.25) is 0 Å². The lowest BCUT2D eigenvalue weighted by molar-refractivity contribution is 0.978. The molecule has 0 spiro atoms. The number of aromatic nitrogens is 2. The molecule has 0 saturated heterocycles. The molecule has 0 radical (unpaired) electrons. The highest BCUT2D eigenvalue weighted by Gasteiger charge is 2.29. The molecule has 0 aliphatic heterocycles. The molecule has 3 rings (SSSR count). The van der Waals surface area contributed by atoms with Crippen molar-refractivity contribution in [3.05, 3.63) is 43.7 Å². The molecule has 1 saturated carbocycles. The molecule has 0 N–H and O–H groups in total. The van der Waals surface area contributed by atoms with Gasteiger partial charge in [0.1, 0.15) is 5.15 Å². The summed E-state index contributed by atoms with van der Waals surface area (Å²) in [4.78, 5) is 9.00. The summed E-state index contributed by atoms with van der Waals surface area (Å²) in [5.41, 5.74) is 2.03. The van der Waals surface area contributed by atoms with Gasteiger partial charge in [0.05, 0.1) is 9.26 Å². The minimum absolute atomic E-state index is 0.539. The monoisotopic (exact) mass is 390 g/mol. The third kappa shape index (κ3) is 2.49. The van der Waals surface area contributed by atoms with Crippen molar-refractivity contribution in [3.8, 4) is 11.4 Å². The highest BCUT2D eigenvalue weighted by atomic mass is 127. The Morgan fingerprint density at radius 2 is 1.72 bits per heavy atom. The highest BCUT2D eigenvalue weighted by Crippen LogP contribution is 2.42. The Bertz CT molecular complexity index is 595. The van der Waals surface area contributed by atoms with Gasteiger partial charge < -0.3 is 0 Å². The number of nitrogens with zero attached hydrogens (tertiary/aromatic N) is 2. The van der Waals surface area contributed by atoms with Gasteiger partial charge in [0.25, 0.3) is 0 Å². The average molecular weight is 391 g/mol. The normalized spacial score (nSPS) is 14.8. The molecule has 92 valence electrons. The molecule has 2 nitrogen and oxygen atoms in total. The molecule has 1 aliphatic carbocycles. The van der Waals surface area contributed by atoms with Gasteiger partial charge >= 0.3 is 0 Å². The van der Waals surface area contributed by atoms with E-state index >= 15 is 0 Å². The van der Waals surface area contributed by atoms with Crippen LogP contribution in [0.3, 0.4) is 0 Å². The summed E-state index contributed by atoms with van der Waals surface area (Å²) in [7, 11) is 0. The fourth-order valence-electron chi connectivity index (χ4n) is 1.79. The molecule has 1 heterocycles. The van der Waals surface area contributed by atoms with Crippen molar-refractivity contribution in [1.82, 2.24) is 9.97 Å². The van der Waals surface area contributed by atoms with Gasteiger partial charge in [-0.2, -0.15) is 0 Å². The zero-order valence-electron chi connectivity index (χ0n) is 9.33. The summed E-state index contributed by atoms with van der Waals surface area (Å²) >= 11 is 14.3. The van der Waals surface area contributed by atoms with E-state index in [4.69, 9.17) is 23.2 Å². The first-order valence-corrected chi connectivity index (χ1v) is 7.47. The predicted octanol–water partition coefficient (Wildman–Crippen LogP) is 4.93. The van der Waals surface area contributed by atoms with Gasteiger partial charge in [0.2, 0.25) is 0 Å². The van der Waals surface area contributed by atoms with Crippen molar-refractivity contribution in [2.24, 2.45) is 0 Å². The summed E-state index contributed by atoms with van der Waals surface area (Å²) in [6.45, 7) is 0. The molecular formula is C13H9Cl2IN2. The predicted molar refractivity (Wildman–Crippen MR) is 82.2 cm³/mol. The molecule has 1 aliphatic rings. The van der Waals surface area contributed by atoms with Crippen LogP contribution in [0.5, 0.6) is 0 Å². The van der Waals surface area contributed by atoms with E-state index in [1.54, 1.807) is 0 Å². The van der Waals surface area contributed by atoms with Crippen molar-refractivity contribution in [1.29, 1.82) is 0 Å². The van der Waals surface area contributed by atoms with Crippen molar-refractivity contribution < 1.29 is 0 Å². The van der Waals surface area contributed by atoms with E-state index in [0.717, 1.165) is 14.8 Å². The van der Waals surface area contributed by atoms with E-state index in [-0.39, 0.29) is 0 Å².